The molecular formula is C8H14O4. The molecule has 0 aromatic rings. The van der Waals surface area contributed by atoms with Crippen molar-refractivity contribution < 1.29 is 19.0 Å². The highest BCUT2D eigenvalue weighted by molar-refractivity contribution is 5.50. The Morgan fingerprint density at radius 1 is 1.50 bits per heavy atom. The number of carbonyl (C=O) groups is 1. The lowest BCUT2D eigenvalue weighted by Crippen LogP contribution is -1.98. The highest BCUT2D eigenvalue weighted by Crippen LogP contribution is 1.85. The molecule has 1 aliphatic rings. The summed E-state index contributed by atoms with van der Waals surface area (Å²) in [6.07, 6.45) is 4.71. The predicted octanol–water partition coefficient (Wildman–Crippen LogP) is 0.379. The van der Waals surface area contributed by atoms with Gasteiger partial charge in [0, 0.05) is 7.11 Å². The van der Waals surface area contributed by atoms with Crippen LogP contribution in [0.25, 0.3) is 0 Å². The Labute approximate surface area is 72.1 Å². The summed E-state index contributed by atoms with van der Waals surface area (Å²) in [5, 5.41) is 0. The molecule has 0 fully saturated rings. The zero-order chi connectivity index (χ0) is 9.07. The van der Waals surface area contributed by atoms with Crippen molar-refractivity contribution in [3.63, 3.8) is 0 Å². The first kappa shape index (κ1) is 11.3. The lowest BCUT2D eigenvalue weighted by Gasteiger charge is -1.92. The molecule has 1 rings (SSSR count). The normalized spacial score (nSPS) is 13.8. The van der Waals surface area contributed by atoms with Gasteiger partial charge in [0.05, 0.1) is 13.2 Å². The summed E-state index contributed by atoms with van der Waals surface area (Å²) < 4.78 is 13.8. The van der Waals surface area contributed by atoms with Crippen LogP contribution in [0.3, 0.4) is 0 Å². The van der Waals surface area contributed by atoms with Gasteiger partial charge in [0.25, 0.3) is 0 Å². The van der Waals surface area contributed by atoms with Crippen LogP contribution in [0.15, 0.2) is 12.2 Å². The third kappa shape index (κ3) is 9.29. The first-order valence-electron chi connectivity index (χ1n) is 3.65. The van der Waals surface area contributed by atoms with E-state index >= 15 is 0 Å². The van der Waals surface area contributed by atoms with E-state index in [9.17, 15) is 4.79 Å². The van der Waals surface area contributed by atoms with Crippen LogP contribution in [-0.4, -0.2) is 40.0 Å². The van der Waals surface area contributed by atoms with E-state index in [0.29, 0.717) is 6.29 Å². The zero-order valence-corrected chi connectivity index (χ0v) is 7.19. The van der Waals surface area contributed by atoms with Crippen LogP contribution < -0.4 is 0 Å². The fraction of sp³-hybridized carbons (Fsp3) is 0.625. The third-order valence-electron chi connectivity index (χ3n) is 0.982. The molecule has 0 amide bonds. The molecule has 0 spiro atoms. The van der Waals surface area contributed by atoms with E-state index in [0.717, 1.165) is 13.2 Å². The fourth-order valence-corrected chi connectivity index (χ4v) is 0.520. The van der Waals surface area contributed by atoms with Crippen LogP contribution in [0, 0.1) is 0 Å². The molecule has 0 saturated carbocycles. The van der Waals surface area contributed by atoms with E-state index in [1.54, 1.807) is 0 Å². The van der Waals surface area contributed by atoms with Crippen LogP contribution in [0.1, 0.15) is 0 Å². The first-order valence-corrected chi connectivity index (χ1v) is 3.65. The van der Waals surface area contributed by atoms with Crippen molar-refractivity contribution in [1.29, 1.82) is 0 Å². The van der Waals surface area contributed by atoms with E-state index in [-0.39, 0.29) is 13.4 Å². The molecule has 1 aliphatic heterocycles. The van der Waals surface area contributed by atoms with Crippen LogP contribution >= 0.6 is 0 Å². The Morgan fingerprint density at radius 3 is 2.50 bits per heavy atom. The number of aldehydes is 1. The monoisotopic (exact) mass is 174 g/mol. The zero-order valence-electron chi connectivity index (χ0n) is 7.19. The molecule has 70 valence electrons. The van der Waals surface area contributed by atoms with E-state index in [1.165, 1.54) is 7.11 Å². The number of hydrogen-bond donors (Lipinski definition) is 0. The summed E-state index contributed by atoms with van der Waals surface area (Å²) in [4.78, 5) is 9.50. The van der Waals surface area contributed by atoms with E-state index in [1.807, 2.05) is 12.2 Å². The van der Waals surface area contributed by atoms with Crippen molar-refractivity contribution in [2.75, 3.05) is 33.7 Å². The van der Waals surface area contributed by atoms with Gasteiger partial charge < -0.3 is 19.0 Å². The average Bonchev–Trinajstić information content (AvgIpc) is 2.62. The van der Waals surface area contributed by atoms with Gasteiger partial charge in [-0.1, -0.05) is 12.2 Å². The molecule has 4 nitrogen and oxygen atoms in total. The van der Waals surface area contributed by atoms with Gasteiger partial charge in [-0.2, -0.15) is 0 Å². The number of methoxy groups -OCH3 is 1. The van der Waals surface area contributed by atoms with Gasteiger partial charge in [-0.25, -0.2) is 0 Å². The average molecular weight is 174 g/mol. The SMILES string of the molecule is C1=CCOC1.COCOCC=O. The molecule has 0 atom stereocenters. The number of rotatable bonds is 4. The van der Waals surface area contributed by atoms with Gasteiger partial charge in [-0.15, -0.1) is 0 Å². The van der Waals surface area contributed by atoms with Crippen LogP contribution in [0.4, 0.5) is 0 Å². The molecule has 0 radical (unpaired) electrons. The lowest BCUT2D eigenvalue weighted by molar-refractivity contribution is -0.116. The first-order chi connectivity index (χ1) is 5.91. The predicted molar refractivity (Wildman–Crippen MR) is 43.9 cm³/mol. The standard InChI is InChI=1S/C4H8O3.C4H6O/c1-6-4-7-3-2-5;1-2-4-5-3-1/h2H,3-4H2,1H3;1-2H,3-4H2. The molecule has 0 aromatic heterocycles. The Morgan fingerprint density at radius 2 is 2.17 bits per heavy atom. The second kappa shape index (κ2) is 10.3. The maximum Gasteiger partial charge on any atom is 0.146 e. The smallest absolute Gasteiger partial charge is 0.146 e. The summed E-state index contributed by atoms with van der Waals surface area (Å²) >= 11 is 0. The summed E-state index contributed by atoms with van der Waals surface area (Å²) in [7, 11) is 1.50. The second-order valence-electron chi connectivity index (χ2n) is 1.95. The van der Waals surface area contributed by atoms with Gasteiger partial charge in [0.15, 0.2) is 0 Å². The number of hydrogen-bond acceptors (Lipinski definition) is 4. The van der Waals surface area contributed by atoms with Crippen molar-refractivity contribution >= 4 is 6.29 Å². The Bertz CT molecular complexity index is 116. The minimum atomic E-state index is 0.119. The summed E-state index contributed by atoms with van der Waals surface area (Å²) in [5.74, 6) is 0. The van der Waals surface area contributed by atoms with Crippen molar-refractivity contribution in [3.05, 3.63) is 12.2 Å². The quantitative estimate of drug-likeness (QED) is 0.267. The highest BCUT2D eigenvalue weighted by Gasteiger charge is 1.83. The number of ether oxygens (including phenoxy) is 3. The van der Waals surface area contributed by atoms with Gasteiger partial charge in [-0.05, 0) is 0 Å². The molecule has 0 aromatic carbocycles. The van der Waals surface area contributed by atoms with Gasteiger partial charge in [0.2, 0.25) is 0 Å². The molecule has 0 N–H and O–H groups in total. The van der Waals surface area contributed by atoms with Crippen LogP contribution in [0.5, 0.6) is 0 Å². The van der Waals surface area contributed by atoms with Crippen molar-refractivity contribution in [3.8, 4) is 0 Å². The largest absolute Gasteiger partial charge is 0.373 e. The molecule has 4 heteroatoms. The molecule has 12 heavy (non-hydrogen) atoms. The third-order valence-corrected chi connectivity index (χ3v) is 0.982. The second-order valence-corrected chi connectivity index (χ2v) is 1.95. The molecule has 0 bridgehead atoms. The van der Waals surface area contributed by atoms with E-state index in [4.69, 9.17) is 4.74 Å². The topological polar surface area (TPSA) is 44.8 Å². The van der Waals surface area contributed by atoms with Gasteiger partial charge >= 0.3 is 0 Å². The summed E-state index contributed by atoms with van der Waals surface area (Å²) in [5.41, 5.74) is 0. The van der Waals surface area contributed by atoms with Crippen LogP contribution in [-0.2, 0) is 19.0 Å². The molecular weight excluding hydrogens is 160 g/mol. The highest BCUT2D eigenvalue weighted by atomic mass is 16.7. The van der Waals surface area contributed by atoms with Crippen molar-refractivity contribution in [2.45, 2.75) is 0 Å². The van der Waals surface area contributed by atoms with E-state index in [2.05, 4.69) is 9.47 Å². The summed E-state index contributed by atoms with van der Waals surface area (Å²) in [6, 6.07) is 0. The summed E-state index contributed by atoms with van der Waals surface area (Å²) in [6.45, 7) is 1.95. The van der Waals surface area contributed by atoms with E-state index < -0.39 is 0 Å². The molecule has 0 saturated heterocycles. The van der Waals surface area contributed by atoms with Crippen molar-refractivity contribution in [2.24, 2.45) is 0 Å². The van der Waals surface area contributed by atoms with Gasteiger partial charge in [0.1, 0.15) is 19.7 Å². The molecule has 0 aliphatic carbocycles. The minimum absolute atomic E-state index is 0.119. The maximum atomic E-state index is 9.50. The Balaban J connectivity index is 0.000000211. The molecule has 0 unspecified atom stereocenters. The van der Waals surface area contributed by atoms with Crippen LogP contribution in [0.2, 0.25) is 0 Å². The minimum Gasteiger partial charge on any atom is -0.373 e. The maximum absolute atomic E-state index is 9.50. The fourth-order valence-electron chi connectivity index (χ4n) is 0.520. The Kier molecular flexibility index (Phi) is 9.68. The van der Waals surface area contributed by atoms with Gasteiger partial charge in [-0.3, -0.25) is 0 Å². The lowest BCUT2D eigenvalue weighted by atomic mass is 10.6. The Hall–Kier alpha value is -0.710. The molecule has 1 heterocycles. The number of carbonyl (C=O) groups excluding carboxylic acids is 1. The van der Waals surface area contributed by atoms with Crippen molar-refractivity contribution in [1.82, 2.24) is 0 Å².